The largest absolute Gasteiger partial charge is 0.456 e. The maximum absolute atomic E-state index is 6.43. The normalized spacial score (nSPS) is 11.8. The monoisotopic (exact) mass is 678 g/mol. The smallest absolute Gasteiger partial charge is 0.136 e. The predicted octanol–water partition coefficient (Wildman–Crippen LogP) is 12.9. The van der Waals surface area contributed by atoms with Crippen LogP contribution in [0.2, 0.25) is 0 Å². The molecule has 11 aromatic rings. The van der Waals surface area contributed by atoms with E-state index in [1.165, 1.54) is 16.3 Å². The van der Waals surface area contributed by atoms with E-state index in [2.05, 4.69) is 157 Å². The Morgan fingerprint density at radius 1 is 0.415 bits per heavy atom. The van der Waals surface area contributed by atoms with Crippen molar-refractivity contribution in [2.45, 2.75) is 0 Å². The second kappa shape index (κ2) is 11.7. The summed E-state index contributed by atoms with van der Waals surface area (Å²) in [5.74, 6) is 0. The number of anilines is 3. The third-order valence-corrected chi connectivity index (χ3v) is 10.4. The van der Waals surface area contributed by atoms with Gasteiger partial charge >= 0.3 is 0 Å². The molecule has 0 aliphatic heterocycles. The third-order valence-electron chi connectivity index (χ3n) is 10.4. The zero-order chi connectivity index (χ0) is 34.9. The van der Waals surface area contributed by atoms with Crippen LogP contribution in [0.3, 0.4) is 0 Å². The van der Waals surface area contributed by atoms with Gasteiger partial charge in [-0.25, -0.2) is 0 Å². The van der Waals surface area contributed by atoms with Gasteiger partial charge in [0.2, 0.25) is 0 Å². The predicted molar refractivity (Wildman–Crippen MR) is 219 cm³/mol. The second-order valence-corrected chi connectivity index (χ2v) is 13.5. The van der Waals surface area contributed by atoms with Crippen LogP contribution in [0.5, 0.6) is 0 Å². The van der Waals surface area contributed by atoms with Crippen molar-refractivity contribution in [2.24, 2.45) is 0 Å². The molecule has 0 saturated heterocycles. The van der Waals surface area contributed by atoms with Crippen molar-refractivity contribution in [2.75, 3.05) is 4.90 Å². The lowest BCUT2D eigenvalue weighted by molar-refractivity contribution is 0.669. The molecule has 2 aromatic heterocycles. The van der Waals surface area contributed by atoms with E-state index in [4.69, 9.17) is 14.6 Å². The van der Waals surface area contributed by atoms with E-state index >= 15 is 0 Å². The molecule has 0 radical (unpaired) electrons. The number of para-hydroxylation sites is 1. The zero-order valence-electron chi connectivity index (χ0n) is 28.5. The summed E-state index contributed by atoms with van der Waals surface area (Å²) in [6, 6.07) is 64.1. The number of rotatable bonds is 5. The van der Waals surface area contributed by atoms with Crippen molar-refractivity contribution >= 4 is 82.4 Å². The fraction of sp³-hybridized carbons (Fsp3) is 0. The Morgan fingerprint density at radius 2 is 1.06 bits per heavy atom. The van der Waals surface area contributed by atoms with Gasteiger partial charge in [0.1, 0.15) is 22.2 Å². The molecule has 0 aliphatic carbocycles. The van der Waals surface area contributed by atoms with Gasteiger partial charge in [0, 0.05) is 33.2 Å². The average molecular weight is 679 g/mol. The lowest BCUT2D eigenvalue weighted by Crippen LogP contribution is -2.10. The Bertz CT molecular complexity index is 3180. The molecule has 9 aromatic carbocycles. The minimum Gasteiger partial charge on any atom is -0.456 e. The van der Waals surface area contributed by atoms with Crippen molar-refractivity contribution in [1.82, 2.24) is 15.0 Å². The van der Waals surface area contributed by atoms with Gasteiger partial charge in [0.25, 0.3) is 0 Å². The Morgan fingerprint density at radius 3 is 1.94 bits per heavy atom. The highest BCUT2D eigenvalue weighted by Gasteiger charge is 2.19. The van der Waals surface area contributed by atoms with Crippen molar-refractivity contribution in [3.8, 4) is 16.8 Å². The highest BCUT2D eigenvalue weighted by Crippen LogP contribution is 2.43. The lowest BCUT2D eigenvalue weighted by atomic mass is 9.99. The molecule has 2 heterocycles. The Kier molecular flexibility index (Phi) is 6.48. The molecule has 0 fully saturated rings. The molecule has 0 amide bonds. The van der Waals surface area contributed by atoms with Crippen molar-refractivity contribution in [3.05, 3.63) is 182 Å². The van der Waals surface area contributed by atoms with Gasteiger partial charge in [0.05, 0.1) is 5.69 Å². The SMILES string of the molecule is c1ccc(-c2cccc(N(c3ccc4oc5ccc6ccccc6c5c4c3)c3ccc4ccc5ccc6nn(-c7ccccc7)nc6c5c4c3)c2)cc1. The van der Waals surface area contributed by atoms with Gasteiger partial charge < -0.3 is 9.32 Å². The van der Waals surface area contributed by atoms with E-state index in [1.54, 1.807) is 4.80 Å². The van der Waals surface area contributed by atoms with Gasteiger partial charge in [-0.3, -0.25) is 0 Å². The third kappa shape index (κ3) is 4.79. The van der Waals surface area contributed by atoms with Crippen molar-refractivity contribution in [3.63, 3.8) is 0 Å². The Labute approximate surface area is 304 Å². The van der Waals surface area contributed by atoms with E-state index in [9.17, 15) is 0 Å². The van der Waals surface area contributed by atoms with Crippen molar-refractivity contribution < 1.29 is 4.42 Å². The second-order valence-electron chi connectivity index (χ2n) is 13.5. The van der Waals surface area contributed by atoms with Crippen LogP contribution in [-0.2, 0) is 0 Å². The number of hydrogen-bond donors (Lipinski definition) is 0. The fourth-order valence-electron chi connectivity index (χ4n) is 7.90. The summed E-state index contributed by atoms with van der Waals surface area (Å²) in [5, 5.41) is 19.0. The van der Waals surface area contributed by atoms with Crippen LogP contribution in [0.15, 0.2) is 186 Å². The maximum Gasteiger partial charge on any atom is 0.136 e. The summed E-state index contributed by atoms with van der Waals surface area (Å²) >= 11 is 0. The minimum absolute atomic E-state index is 0.858. The van der Waals surface area contributed by atoms with Crippen LogP contribution in [0.1, 0.15) is 0 Å². The van der Waals surface area contributed by atoms with Gasteiger partial charge in [-0.15, -0.1) is 10.2 Å². The van der Waals surface area contributed by atoms with Crippen LogP contribution in [0.25, 0.3) is 82.1 Å². The first kappa shape index (κ1) is 29.5. The average Bonchev–Trinajstić information content (AvgIpc) is 3.84. The van der Waals surface area contributed by atoms with Crippen LogP contribution < -0.4 is 4.90 Å². The van der Waals surface area contributed by atoms with Crippen LogP contribution in [-0.4, -0.2) is 15.0 Å². The van der Waals surface area contributed by atoms with Gasteiger partial charge in [-0.2, -0.15) is 4.80 Å². The van der Waals surface area contributed by atoms with Crippen LogP contribution >= 0.6 is 0 Å². The molecule has 5 nitrogen and oxygen atoms in total. The summed E-state index contributed by atoms with van der Waals surface area (Å²) in [6.45, 7) is 0. The fourth-order valence-corrected chi connectivity index (χ4v) is 7.90. The first-order valence-corrected chi connectivity index (χ1v) is 17.8. The van der Waals surface area contributed by atoms with E-state index in [0.717, 1.165) is 82.8 Å². The number of nitrogens with zero attached hydrogens (tertiary/aromatic N) is 4. The van der Waals surface area contributed by atoms with Gasteiger partial charge in [-0.05, 0) is 105 Å². The van der Waals surface area contributed by atoms with Crippen LogP contribution in [0, 0.1) is 0 Å². The molecule has 0 aliphatic rings. The molecule has 11 rings (SSSR count). The number of fused-ring (bicyclic) bond motifs is 10. The van der Waals surface area contributed by atoms with E-state index < -0.39 is 0 Å². The minimum atomic E-state index is 0.858. The zero-order valence-corrected chi connectivity index (χ0v) is 28.5. The molecule has 53 heavy (non-hydrogen) atoms. The Hall–Kier alpha value is -7.24. The molecule has 0 spiro atoms. The molecule has 0 bridgehead atoms. The molecule has 0 N–H and O–H groups in total. The summed E-state index contributed by atoms with van der Waals surface area (Å²) in [4.78, 5) is 4.09. The number of furan rings is 1. The number of aromatic nitrogens is 3. The first-order chi connectivity index (χ1) is 26.2. The summed E-state index contributed by atoms with van der Waals surface area (Å²) in [7, 11) is 0. The molecule has 0 unspecified atom stereocenters. The van der Waals surface area contributed by atoms with Crippen molar-refractivity contribution in [1.29, 1.82) is 0 Å². The number of hydrogen-bond acceptors (Lipinski definition) is 4. The topological polar surface area (TPSA) is 47.1 Å². The maximum atomic E-state index is 6.43. The van der Waals surface area contributed by atoms with Gasteiger partial charge in [0.15, 0.2) is 0 Å². The highest BCUT2D eigenvalue weighted by atomic mass is 16.3. The summed E-state index contributed by atoms with van der Waals surface area (Å²) in [6.07, 6.45) is 0. The molecule has 248 valence electrons. The Balaban J connectivity index is 1.17. The standard InChI is InChI=1S/C48H30N4O/c1-3-10-31(11-4-1)35-13-9-16-37(28-35)51(39-24-27-44-42(30-39)47-40-17-8-7-12-32(40)22-26-45(47)53-44)38-23-20-33-18-19-34-21-25-43-48(46(34)41(33)29-38)50-52(49-43)36-14-5-2-6-15-36/h1-30H. The van der Waals surface area contributed by atoms with Gasteiger partial charge in [-0.1, -0.05) is 115 Å². The molecular weight excluding hydrogens is 649 g/mol. The van der Waals surface area contributed by atoms with E-state index in [-0.39, 0.29) is 0 Å². The first-order valence-electron chi connectivity index (χ1n) is 17.8. The molecular formula is C48H30N4O. The number of benzene rings is 9. The van der Waals surface area contributed by atoms with Crippen LogP contribution in [0.4, 0.5) is 17.1 Å². The summed E-state index contributed by atoms with van der Waals surface area (Å²) < 4.78 is 6.43. The highest BCUT2D eigenvalue weighted by molar-refractivity contribution is 6.20. The molecule has 0 atom stereocenters. The quantitative estimate of drug-likeness (QED) is 0.170. The van der Waals surface area contributed by atoms with E-state index in [1.807, 2.05) is 30.3 Å². The lowest BCUT2D eigenvalue weighted by Gasteiger charge is -2.26. The molecule has 5 heteroatoms. The summed E-state index contributed by atoms with van der Waals surface area (Å²) in [5.41, 5.74) is 9.88. The molecule has 0 saturated carbocycles. The van der Waals surface area contributed by atoms with E-state index in [0.29, 0.717) is 0 Å².